The molecule has 3 aromatic carbocycles. The van der Waals surface area contributed by atoms with Gasteiger partial charge in [-0.3, -0.25) is 10.1 Å². The number of hydrogen-bond acceptors (Lipinski definition) is 6. The summed E-state index contributed by atoms with van der Waals surface area (Å²) in [6.45, 7) is 0.545. The first-order valence-corrected chi connectivity index (χ1v) is 13.0. The fourth-order valence-electron chi connectivity index (χ4n) is 4.57. The highest BCUT2D eigenvalue weighted by atomic mass is 35.5. The van der Waals surface area contributed by atoms with Gasteiger partial charge in [0.2, 0.25) is 17.8 Å². The first kappa shape index (κ1) is 24.8. The molecule has 10 heteroatoms. The highest BCUT2D eigenvalue weighted by Crippen LogP contribution is 2.41. The second-order valence-electron chi connectivity index (χ2n) is 9.51. The number of rotatable bonds is 5. The van der Waals surface area contributed by atoms with Gasteiger partial charge in [-0.05, 0) is 79.4 Å². The molecule has 0 bridgehead atoms. The van der Waals surface area contributed by atoms with Crippen LogP contribution in [0.1, 0.15) is 18.4 Å². The monoisotopic (exact) mass is 541 g/mol. The van der Waals surface area contributed by atoms with Crippen LogP contribution < -0.4 is 21.3 Å². The van der Waals surface area contributed by atoms with E-state index in [-0.39, 0.29) is 23.6 Å². The Hall–Kier alpha value is -4.50. The quantitative estimate of drug-likeness (QED) is 0.216. The molecule has 39 heavy (non-hydrogen) atoms. The van der Waals surface area contributed by atoms with Crippen molar-refractivity contribution >= 4 is 52.2 Å². The van der Waals surface area contributed by atoms with Crippen LogP contribution in [0, 0.1) is 11.7 Å². The second kappa shape index (κ2) is 10.3. The molecule has 2 heterocycles. The van der Waals surface area contributed by atoms with Crippen LogP contribution in [-0.4, -0.2) is 28.4 Å². The molecule has 1 aliphatic carbocycles. The van der Waals surface area contributed by atoms with Crippen LogP contribution in [0.5, 0.6) is 0 Å². The minimum atomic E-state index is -0.303. The van der Waals surface area contributed by atoms with Crippen LogP contribution >= 0.6 is 11.6 Å². The largest absolute Gasteiger partial charge is 0.369 e. The zero-order valence-electron chi connectivity index (χ0n) is 20.9. The van der Waals surface area contributed by atoms with E-state index >= 15 is 0 Å². The zero-order chi connectivity index (χ0) is 26.9. The Bertz CT molecular complexity index is 1590. The molecule has 0 saturated heterocycles. The van der Waals surface area contributed by atoms with Gasteiger partial charge in [0.25, 0.3) is 0 Å². The molecule has 1 fully saturated rings. The molecule has 1 amide bonds. The Morgan fingerprint density at radius 1 is 1.08 bits per heavy atom. The number of fused-ring (bicyclic) bond motifs is 3. The number of halogens is 2. The van der Waals surface area contributed by atoms with Gasteiger partial charge in [0.1, 0.15) is 5.82 Å². The van der Waals surface area contributed by atoms with Crippen LogP contribution in [0.25, 0.3) is 11.3 Å². The summed E-state index contributed by atoms with van der Waals surface area (Å²) in [6.07, 6.45) is 4.22. The average molecular weight is 542 g/mol. The number of nitrogens with zero attached hydrogens (tertiary/aromatic N) is 4. The van der Waals surface area contributed by atoms with Gasteiger partial charge in [0.15, 0.2) is 0 Å². The number of para-hydroxylation sites is 1. The predicted molar refractivity (Wildman–Crippen MR) is 151 cm³/mol. The number of aliphatic imine (C=N–C) groups is 1. The van der Waals surface area contributed by atoms with E-state index in [1.165, 1.54) is 6.07 Å². The van der Waals surface area contributed by atoms with Crippen LogP contribution in [0.3, 0.4) is 0 Å². The lowest BCUT2D eigenvalue weighted by atomic mass is 10.0. The van der Waals surface area contributed by atoms with Gasteiger partial charge in [-0.25, -0.2) is 19.4 Å². The van der Waals surface area contributed by atoms with Crippen molar-refractivity contribution in [3.05, 3.63) is 89.3 Å². The van der Waals surface area contributed by atoms with E-state index in [4.69, 9.17) is 22.3 Å². The molecule has 6 rings (SSSR count). The van der Waals surface area contributed by atoms with Crippen molar-refractivity contribution in [1.29, 1.82) is 0 Å². The summed E-state index contributed by atoms with van der Waals surface area (Å²) in [5.74, 6) is 0.155. The fraction of sp³-hybridized carbons (Fsp3) is 0.172. The predicted octanol–water partition coefficient (Wildman–Crippen LogP) is 5.85. The lowest BCUT2D eigenvalue weighted by molar-refractivity contribution is -0.120. The maximum Gasteiger partial charge on any atom is 0.229 e. The minimum absolute atomic E-state index is 0.0535. The van der Waals surface area contributed by atoms with Crippen molar-refractivity contribution in [2.75, 3.05) is 16.8 Å². The number of anilines is 4. The van der Waals surface area contributed by atoms with E-state index in [0.717, 1.165) is 41.0 Å². The van der Waals surface area contributed by atoms with E-state index < -0.39 is 0 Å². The summed E-state index contributed by atoms with van der Waals surface area (Å²) < 4.78 is 14.8. The Kier molecular flexibility index (Phi) is 6.58. The number of carbonyl (C=O) groups is 1. The number of carbonyl (C=O) groups excluding carboxylic acids is 1. The van der Waals surface area contributed by atoms with Crippen LogP contribution in [0.15, 0.2) is 77.9 Å². The number of benzene rings is 3. The number of aromatic nitrogens is 2. The fourth-order valence-corrected chi connectivity index (χ4v) is 4.74. The van der Waals surface area contributed by atoms with Gasteiger partial charge in [0, 0.05) is 34.9 Å². The van der Waals surface area contributed by atoms with Crippen LogP contribution in [0.2, 0.25) is 5.02 Å². The third-order valence-electron chi connectivity index (χ3n) is 6.69. The standard InChI is InChI=1S/C29H25ClFN7O/c30-19-7-12-22-25(15-19)38(24-4-2-1-3-23(24)31)14-13-18-16-33-29(36-26(18)22)35-21-10-8-20(9-11-21)34-28(32)37-27(39)17-5-6-17/h1-4,7-12,15-17H,5-6,13-14H2,(H,33,35,36)(H3,32,34,37,39). The zero-order valence-corrected chi connectivity index (χ0v) is 21.6. The van der Waals surface area contributed by atoms with E-state index in [2.05, 4.69) is 20.6 Å². The second-order valence-corrected chi connectivity index (χ2v) is 9.95. The highest BCUT2D eigenvalue weighted by molar-refractivity contribution is 6.31. The van der Waals surface area contributed by atoms with Crippen molar-refractivity contribution in [3.8, 4) is 11.3 Å². The summed E-state index contributed by atoms with van der Waals surface area (Å²) in [5.41, 5.74) is 11.1. The summed E-state index contributed by atoms with van der Waals surface area (Å²) in [6, 6.07) is 19.5. The van der Waals surface area contributed by atoms with Crippen LogP contribution in [-0.2, 0) is 11.2 Å². The molecule has 1 aromatic heterocycles. The van der Waals surface area contributed by atoms with Gasteiger partial charge < -0.3 is 16.0 Å². The minimum Gasteiger partial charge on any atom is -0.369 e. The molecule has 0 spiro atoms. The van der Waals surface area contributed by atoms with Gasteiger partial charge in [-0.2, -0.15) is 0 Å². The maximum atomic E-state index is 14.8. The first-order chi connectivity index (χ1) is 18.9. The normalized spacial score (nSPS) is 14.7. The Morgan fingerprint density at radius 2 is 1.87 bits per heavy atom. The van der Waals surface area contributed by atoms with Crippen molar-refractivity contribution < 1.29 is 9.18 Å². The molecule has 1 saturated carbocycles. The first-order valence-electron chi connectivity index (χ1n) is 12.6. The molecule has 196 valence electrons. The van der Waals surface area contributed by atoms with Crippen molar-refractivity contribution in [2.45, 2.75) is 19.3 Å². The summed E-state index contributed by atoms with van der Waals surface area (Å²) >= 11 is 6.37. The average Bonchev–Trinajstić information content (AvgIpc) is 3.78. The highest BCUT2D eigenvalue weighted by Gasteiger charge is 2.30. The SMILES string of the molecule is NC(=Nc1ccc(Nc2ncc3c(n2)-c2ccc(Cl)cc2N(c2ccccc2F)CC3)cc1)NC(=O)C1CC1. The van der Waals surface area contributed by atoms with E-state index in [1.54, 1.807) is 30.5 Å². The maximum absolute atomic E-state index is 14.8. The van der Waals surface area contributed by atoms with E-state index in [1.807, 2.05) is 41.3 Å². The summed E-state index contributed by atoms with van der Waals surface area (Å²) in [7, 11) is 0. The number of nitrogens with two attached hydrogens (primary N) is 1. The molecular weight excluding hydrogens is 517 g/mol. The topological polar surface area (TPSA) is 109 Å². The molecular formula is C29H25ClFN7O. The van der Waals surface area contributed by atoms with Crippen molar-refractivity contribution in [3.63, 3.8) is 0 Å². The number of amides is 1. The summed E-state index contributed by atoms with van der Waals surface area (Å²) in [5, 5.41) is 6.42. The number of hydrogen-bond donors (Lipinski definition) is 3. The number of nitrogens with one attached hydrogen (secondary N) is 2. The van der Waals surface area contributed by atoms with Gasteiger partial charge >= 0.3 is 0 Å². The van der Waals surface area contributed by atoms with E-state index in [0.29, 0.717) is 35.3 Å². The van der Waals surface area contributed by atoms with Crippen molar-refractivity contribution in [1.82, 2.24) is 15.3 Å². The number of guanidine groups is 1. The molecule has 1 aliphatic heterocycles. The Morgan fingerprint density at radius 3 is 2.64 bits per heavy atom. The third kappa shape index (κ3) is 5.39. The third-order valence-corrected chi connectivity index (χ3v) is 6.93. The van der Waals surface area contributed by atoms with Gasteiger partial charge in [-0.15, -0.1) is 0 Å². The molecule has 4 N–H and O–H groups in total. The molecule has 8 nitrogen and oxygen atoms in total. The lowest BCUT2D eigenvalue weighted by Gasteiger charge is -2.25. The lowest BCUT2D eigenvalue weighted by Crippen LogP contribution is -2.37. The molecule has 2 aliphatic rings. The molecule has 0 atom stereocenters. The smallest absolute Gasteiger partial charge is 0.229 e. The molecule has 0 unspecified atom stereocenters. The van der Waals surface area contributed by atoms with Crippen LogP contribution in [0.4, 0.5) is 33.1 Å². The van der Waals surface area contributed by atoms with E-state index in [9.17, 15) is 9.18 Å². The molecule has 0 radical (unpaired) electrons. The Balaban J connectivity index is 1.26. The summed E-state index contributed by atoms with van der Waals surface area (Å²) in [4.78, 5) is 27.4. The van der Waals surface area contributed by atoms with Crippen molar-refractivity contribution in [2.24, 2.45) is 16.6 Å². The van der Waals surface area contributed by atoms with Gasteiger partial charge in [-0.1, -0.05) is 23.7 Å². The van der Waals surface area contributed by atoms with Gasteiger partial charge in [0.05, 0.1) is 22.8 Å². The Labute approximate surface area is 229 Å². The molecule has 4 aromatic rings.